The molecule has 0 bridgehead atoms. The Kier molecular flexibility index (Phi) is 5.33. The van der Waals surface area contributed by atoms with Crippen LogP contribution in [-0.4, -0.2) is 11.6 Å². The highest BCUT2D eigenvalue weighted by molar-refractivity contribution is 7.47. The molecule has 0 saturated heterocycles. The molecule has 0 amide bonds. The first-order valence-corrected chi connectivity index (χ1v) is 8.42. The van der Waals surface area contributed by atoms with Crippen molar-refractivity contribution >= 4 is 14.0 Å². The number of aryl methyl sites for hydroxylation is 2. The minimum Gasteiger partial charge on any atom is -0.490 e. The van der Waals surface area contributed by atoms with Crippen molar-refractivity contribution in [1.82, 2.24) is 0 Å². The van der Waals surface area contributed by atoms with E-state index in [2.05, 4.69) is 0 Å². The number of hydrogen-bond donors (Lipinski definition) is 0. The number of carbonyl (C=O) groups excluding carboxylic acids is 1. The molecule has 0 heterocycles. The van der Waals surface area contributed by atoms with E-state index in [-0.39, 0.29) is 11.6 Å². The smallest absolute Gasteiger partial charge is 0.253 e. The highest BCUT2D eigenvalue weighted by Gasteiger charge is 2.20. The van der Waals surface area contributed by atoms with Crippen LogP contribution in [0.15, 0.2) is 30.3 Å². The fourth-order valence-electron chi connectivity index (χ4n) is 3.00. The predicted molar refractivity (Wildman–Crippen MR) is 93.8 cm³/mol. The minimum absolute atomic E-state index is 0.0588. The van der Waals surface area contributed by atoms with E-state index in [0.29, 0.717) is 5.56 Å². The maximum atomic E-state index is 12.1. The SMILES string of the molecule is Cc1cc(C)c(-c2ccccc2OC(C)C)c(C)c1C(=O)P=O. The van der Waals surface area contributed by atoms with E-state index in [9.17, 15) is 9.36 Å². The number of rotatable bonds is 5. The van der Waals surface area contributed by atoms with Crippen LogP contribution in [0, 0.1) is 20.8 Å². The summed E-state index contributed by atoms with van der Waals surface area (Å²) in [5, 5.41) is 0. The van der Waals surface area contributed by atoms with E-state index in [4.69, 9.17) is 4.74 Å². The highest BCUT2D eigenvalue weighted by Crippen LogP contribution is 2.38. The Morgan fingerprint density at radius 1 is 1.09 bits per heavy atom. The molecule has 0 aromatic heterocycles. The molecule has 0 N–H and O–H groups in total. The van der Waals surface area contributed by atoms with Gasteiger partial charge in [-0.2, -0.15) is 0 Å². The number of benzene rings is 2. The van der Waals surface area contributed by atoms with Crippen molar-refractivity contribution in [3.8, 4) is 16.9 Å². The molecule has 0 aliphatic heterocycles. The summed E-state index contributed by atoms with van der Waals surface area (Å²) in [6, 6.07) is 9.77. The van der Waals surface area contributed by atoms with E-state index in [0.717, 1.165) is 33.6 Å². The molecule has 2 rings (SSSR count). The summed E-state index contributed by atoms with van der Waals surface area (Å²) in [5.41, 5.74) is 4.82. The Morgan fingerprint density at radius 2 is 1.74 bits per heavy atom. The molecule has 0 unspecified atom stereocenters. The maximum Gasteiger partial charge on any atom is 0.253 e. The first-order chi connectivity index (χ1) is 10.9. The minimum atomic E-state index is -0.482. The van der Waals surface area contributed by atoms with Crippen LogP contribution in [0.25, 0.3) is 11.1 Å². The quantitative estimate of drug-likeness (QED) is 0.681. The fraction of sp³-hybridized carbons (Fsp3) is 0.316. The van der Waals surface area contributed by atoms with E-state index >= 15 is 0 Å². The van der Waals surface area contributed by atoms with Gasteiger partial charge in [-0.05, 0) is 62.9 Å². The van der Waals surface area contributed by atoms with Gasteiger partial charge in [0.05, 0.1) is 6.10 Å². The second-order valence-corrected chi connectivity index (χ2v) is 6.53. The topological polar surface area (TPSA) is 43.4 Å². The zero-order valence-electron chi connectivity index (χ0n) is 14.1. The van der Waals surface area contributed by atoms with E-state index < -0.39 is 8.46 Å². The molecule has 23 heavy (non-hydrogen) atoms. The van der Waals surface area contributed by atoms with Gasteiger partial charge >= 0.3 is 0 Å². The summed E-state index contributed by atoms with van der Waals surface area (Å²) in [5.74, 6) is 0.788. The van der Waals surface area contributed by atoms with Gasteiger partial charge in [0.15, 0.2) is 0 Å². The number of carbonyl (C=O) groups is 1. The molecule has 0 radical (unpaired) electrons. The van der Waals surface area contributed by atoms with Crippen molar-refractivity contribution < 1.29 is 14.1 Å². The van der Waals surface area contributed by atoms with Gasteiger partial charge in [0, 0.05) is 11.1 Å². The zero-order chi connectivity index (χ0) is 17.1. The lowest BCUT2D eigenvalue weighted by Gasteiger charge is -2.19. The molecule has 0 spiro atoms. The normalized spacial score (nSPS) is 11.0. The highest BCUT2D eigenvalue weighted by atomic mass is 31.1. The van der Waals surface area contributed by atoms with Crippen LogP contribution in [0.1, 0.15) is 40.9 Å². The van der Waals surface area contributed by atoms with Crippen LogP contribution in [0.3, 0.4) is 0 Å². The largest absolute Gasteiger partial charge is 0.490 e. The molecule has 2 aromatic rings. The molecule has 0 aliphatic carbocycles. The standard InChI is InChI=1S/C19H21O3P/c1-11(2)22-16-9-7-6-8-15(16)17-12(3)10-13(4)18(14(17)5)19(20)23-21/h6-11H,1-5H3. The van der Waals surface area contributed by atoms with Gasteiger partial charge in [0.1, 0.15) is 5.75 Å². The summed E-state index contributed by atoms with van der Waals surface area (Å²) in [7, 11) is -0.482. The Labute approximate surface area is 138 Å². The van der Waals surface area contributed by atoms with Crippen LogP contribution in [0.2, 0.25) is 0 Å². The Bertz CT molecular complexity index is 763. The van der Waals surface area contributed by atoms with Crippen molar-refractivity contribution in [2.24, 2.45) is 0 Å². The van der Waals surface area contributed by atoms with Crippen LogP contribution < -0.4 is 4.74 Å². The molecule has 3 nitrogen and oxygen atoms in total. The van der Waals surface area contributed by atoms with Crippen LogP contribution >= 0.6 is 8.46 Å². The van der Waals surface area contributed by atoms with Crippen LogP contribution in [0.4, 0.5) is 0 Å². The average molecular weight is 328 g/mol. The maximum absolute atomic E-state index is 12.1. The molecular formula is C19H21O3P. The monoisotopic (exact) mass is 328 g/mol. The second kappa shape index (κ2) is 7.06. The first-order valence-electron chi connectivity index (χ1n) is 7.61. The molecule has 0 aliphatic rings. The lowest BCUT2D eigenvalue weighted by Crippen LogP contribution is -2.08. The molecule has 0 atom stereocenters. The van der Waals surface area contributed by atoms with E-state index in [1.165, 1.54) is 0 Å². The molecule has 4 heteroatoms. The summed E-state index contributed by atoms with van der Waals surface area (Å²) in [4.78, 5) is 12.1. The molecule has 0 fully saturated rings. The lowest BCUT2D eigenvalue weighted by molar-refractivity contribution is 0.108. The third-order valence-electron chi connectivity index (χ3n) is 3.79. The van der Waals surface area contributed by atoms with Gasteiger partial charge in [0.25, 0.3) is 5.52 Å². The summed E-state index contributed by atoms with van der Waals surface area (Å²) >= 11 is 0. The zero-order valence-corrected chi connectivity index (χ0v) is 15.0. The van der Waals surface area contributed by atoms with Crippen LogP contribution in [0.5, 0.6) is 5.75 Å². The van der Waals surface area contributed by atoms with Gasteiger partial charge < -0.3 is 4.74 Å². The van der Waals surface area contributed by atoms with E-state index in [1.807, 2.05) is 65.0 Å². The average Bonchev–Trinajstić information content (AvgIpc) is 2.47. The summed E-state index contributed by atoms with van der Waals surface area (Å²) in [6.07, 6.45) is 0.0588. The van der Waals surface area contributed by atoms with E-state index in [1.54, 1.807) is 0 Å². The Balaban J connectivity index is 2.74. The van der Waals surface area contributed by atoms with Crippen molar-refractivity contribution in [2.45, 2.75) is 40.7 Å². The number of para-hydroxylation sites is 1. The summed E-state index contributed by atoms with van der Waals surface area (Å²) in [6.45, 7) is 9.76. The third kappa shape index (κ3) is 3.51. The Morgan fingerprint density at radius 3 is 2.35 bits per heavy atom. The van der Waals surface area contributed by atoms with Crippen LogP contribution in [-0.2, 0) is 4.57 Å². The second-order valence-electron chi connectivity index (χ2n) is 5.94. The van der Waals surface area contributed by atoms with Gasteiger partial charge in [0.2, 0.25) is 8.46 Å². The molecule has 2 aromatic carbocycles. The van der Waals surface area contributed by atoms with Gasteiger partial charge in [-0.3, -0.25) is 9.36 Å². The predicted octanol–water partition coefficient (Wildman–Crippen LogP) is 5.50. The fourth-order valence-corrected chi connectivity index (χ4v) is 3.44. The van der Waals surface area contributed by atoms with Crippen molar-refractivity contribution in [3.05, 3.63) is 52.6 Å². The van der Waals surface area contributed by atoms with Gasteiger partial charge in [-0.1, -0.05) is 24.3 Å². The molecule has 120 valence electrons. The van der Waals surface area contributed by atoms with Crippen molar-refractivity contribution in [3.63, 3.8) is 0 Å². The van der Waals surface area contributed by atoms with Gasteiger partial charge in [-0.25, -0.2) is 0 Å². The summed E-state index contributed by atoms with van der Waals surface area (Å²) < 4.78 is 17.0. The number of ether oxygens (including phenoxy) is 1. The lowest BCUT2D eigenvalue weighted by atomic mass is 9.89. The third-order valence-corrected chi connectivity index (χ3v) is 4.18. The first kappa shape index (κ1) is 17.4. The molecule has 0 saturated carbocycles. The Hall–Kier alpha value is -1.99. The van der Waals surface area contributed by atoms with Crippen molar-refractivity contribution in [1.29, 1.82) is 0 Å². The van der Waals surface area contributed by atoms with Crippen molar-refractivity contribution in [2.75, 3.05) is 0 Å². The molecular weight excluding hydrogens is 307 g/mol. The number of hydrogen-bond acceptors (Lipinski definition) is 3. The van der Waals surface area contributed by atoms with Gasteiger partial charge in [-0.15, -0.1) is 0 Å².